The second-order valence-corrected chi connectivity index (χ2v) is 11.6. The van der Waals surface area contributed by atoms with Gasteiger partial charge in [-0.15, -0.1) is 0 Å². The molecule has 0 aliphatic heterocycles. The summed E-state index contributed by atoms with van der Waals surface area (Å²) in [6, 6.07) is 45.7. The molecule has 0 saturated heterocycles. The Morgan fingerprint density at radius 1 is 0.609 bits per heavy atom. The van der Waals surface area contributed by atoms with Crippen molar-refractivity contribution >= 4 is 45.0 Å². The van der Waals surface area contributed by atoms with E-state index in [0.717, 1.165) is 34.6 Å². The molecule has 5 aromatic carbocycles. The molecule has 0 N–H and O–H groups in total. The Bertz CT molecular complexity index is 2330. The first-order chi connectivity index (χ1) is 22.7. The monoisotopic (exact) mass is 592 g/mol. The van der Waals surface area contributed by atoms with Gasteiger partial charge in [0.25, 0.3) is 0 Å². The number of nitrogens with zero attached hydrogens (tertiary/aromatic N) is 4. The SMILES string of the molecule is C=Cc1c(C=NC)c2ccccc2n1-c1ccc(Cc2ccc(-c3ccc(-n4c5ccccc5c5cnccc54)cc3)cc2)cc1. The third-order valence-corrected chi connectivity index (χ3v) is 8.89. The van der Waals surface area contributed by atoms with Gasteiger partial charge >= 0.3 is 0 Å². The summed E-state index contributed by atoms with van der Waals surface area (Å²) in [4.78, 5) is 8.68. The highest BCUT2D eigenvalue weighted by Crippen LogP contribution is 2.33. The lowest BCUT2D eigenvalue weighted by atomic mass is 10.00. The van der Waals surface area contributed by atoms with Gasteiger partial charge in [-0.3, -0.25) is 9.98 Å². The van der Waals surface area contributed by atoms with Crippen LogP contribution in [0.25, 0.3) is 61.3 Å². The Morgan fingerprint density at radius 3 is 1.83 bits per heavy atom. The number of benzene rings is 5. The van der Waals surface area contributed by atoms with Crippen molar-refractivity contribution in [3.63, 3.8) is 0 Å². The first-order valence-electron chi connectivity index (χ1n) is 15.5. The van der Waals surface area contributed by atoms with E-state index in [-0.39, 0.29) is 0 Å². The molecule has 0 fully saturated rings. The van der Waals surface area contributed by atoms with Crippen LogP contribution < -0.4 is 0 Å². The van der Waals surface area contributed by atoms with Crippen molar-refractivity contribution in [3.05, 3.63) is 169 Å². The molecule has 0 saturated carbocycles. The Kier molecular flexibility index (Phi) is 6.88. The average molecular weight is 593 g/mol. The normalized spacial score (nSPS) is 11.7. The van der Waals surface area contributed by atoms with Crippen molar-refractivity contribution in [1.29, 1.82) is 0 Å². The highest BCUT2D eigenvalue weighted by molar-refractivity contribution is 6.09. The number of aliphatic imine (C=N–C) groups is 1. The van der Waals surface area contributed by atoms with Crippen molar-refractivity contribution in [1.82, 2.24) is 14.1 Å². The van der Waals surface area contributed by atoms with Crippen molar-refractivity contribution in [2.45, 2.75) is 6.42 Å². The quantitative estimate of drug-likeness (QED) is 0.170. The number of pyridine rings is 1. The molecule has 0 amide bonds. The third-order valence-electron chi connectivity index (χ3n) is 8.89. The molecule has 8 rings (SSSR count). The predicted molar refractivity (Wildman–Crippen MR) is 194 cm³/mol. The van der Waals surface area contributed by atoms with E-state index in [0.29, 0.717) is 0 Å². The number of para-hydroxylation sites is 2. The summed E-state index contributed by atoms with van der Waals surface area (Å²) in [5.74, 6) is 0. The predicted octanol–water partition coefficient (Wildman–Crippen LogP) is 10.1. The van der Waals surface area contributed by atoms with Crippen LogP contribution in [-0.4, -0.2) is 27.4 Å². The number of hydrogen-bond acceptors (Lipinski definition) is 2. The average Bonchev–Trinajstić information content (AvgIpc) is 3.62. The van der Waals surface area contributed by atoms with Crippen LogP contribution in [0.15, 0.2) is 151 Å². The largest absolute Gasteiger partial charge is 0.309 e. The lowest BCUT2D eigenvalue weighted by molar-refractivity contribution is 1.09. The lowest BCUT2D eigenvalue weighted by Crippen LogP contribution is -1.98. The molecular formula is C42H32N4. The van der Waals surface area contributed by atoms with E-state index in [1.807, 2.05) is 31.7 Å². The summed E-state index contributed by atoms with van der Waals surface area (Å²) in [5.41, 5.74) is 12.9. The third kappa shape index (κ3) is 4.63. The Hall–Kier alpha value is -6.00. The topological polar surface area (TPSA) is 35.1 Å². The van der Waals surface area contributed by atoms with E-state index in [2.05, 4.69) is 153 Å². The van der Waals surface area contributed by atoms with E-state index in [9.17, 15) is 0 Å². The highest BCUT2D eigenvalue weighted by atomic mass is 15.0. The minimum atomic E-state index is 0.872. The van der Waals surface area contributed by atoms with Crippen LogP contribution in [0.4, 0.5) is 0 Å². The van der Waals surface area contributed by atoms with E-state index < -0.39 is 0 Å². The first-order valence-corrected chi connectivity index (χ1v) is 15.5. The fourth-order valence-corrected chi connectivity index (χ4v) is 6.74. The van der Waals surface area contributed by atoms with E-state index in [1.54, 1.807) is 0 Å². The van der Waals surface area contributed by atoms with Crippen molar-refractivity contribution in [2.24, 2.45) is 4.99 Å². The second kappa shape index (κ2) is 11.5. The first kappa shape index (κ1) is 27.5. The zero-order chi connectivity index (χ0) is 31.0. The molecule has 0 atom stereocenters. The Balaban J connectivity index is 1.03. The fourth-order valence-electron chi connectivity index (χ4n) is 6.74. The minimum Gasteiger partial charge on any atom is -0.309 e. The van der Waals surface area contributed by atoms with Gasteiger partial charge < -0.3 is 9.13 Å². The zero-order valence-electron chi connectivity index (χ0n) is 25.6. The van der Waals surface area contributed by atoms with E-state index >= 15 is 0 Å². The maximum absolute atomic E-state index is 4.37. The molecule has 4 nitrogen and oxygen atoms in total. The number of rotatable bonds is 7. The maximum atomic E-state index is 4.37. The smallest absolute Gasteiger partial charge is 0.0571 e. The van der Waals surface area contributed by atoms with Crippen LogP contribution >= 0.6 is 0 Å². The van der Waals surface area contributed by atoms with Crippen LogP contribution in [0.5, 0.6) is 0 Å². The summed E-state index contributed by atoms with van der Waals surface area (Å²) in [6.07, 6.45) is 8.54. The molecule has 0 radical (unpaired) electrons. The van der Waals surface area contributed by atoms with Gasteiger partial charge in [0.2, 0.25) is 0 Å². The van der Waals surface area contributed by atoms with Crippen LogP contribution in [-0.2, 0) is 6.42 Å². The number of fused-ring (bicyclic) bond motifs is 4. The molecule has 0 unspecified atom stereocenters. The molecule has 46 heavy (non-hydrogen) atoms. The van der Waals surface area contributed by atoms with Crippen LogP contribution in [0.3, 0.4) is 0 Å². The molecule has 4 heteroatoms. The zero-order valence-corrected chi connectivity index (χ0v) is 25.6. The van der Waals surface area contributed by atoms with E-state index in [1.165, 1.54) is 49.4 Å². The van der Waals surface area contributed by atoms with Gasteiger partial charge in [-0.25, -0.2) is 0 Å². The molecule has 220 valence electrons. The van der Waals surface area contributed by atoms with Crippen molar-refractivity contribution in [3.8, 4) is 22.5 Å². The Morgan fingerprint density at radius 2 is 1.15 bits per heavy atom. The lowest BCUT2D eigenvalue weighted by Gasteiger charge is -2.11. The minimum absolute atomic E-state index is 0.872. The van der Waals surface area contributed by atoms with Gasteiger partial charge in [-0.2, -0.15) is 0 Å². The molecule has 0 spiro atoms. The summed E-state index contributed by atoms with van der Waals surface area (Å²) >= 11 is 0. The summed E-state index contributed by atoms with van der Waals surface area (Å²) in [5, 5.41) is 3.56. The summed E-state index contributed by atoms with van der Waals surface area (Å²) in [7, 11) is 1.81. The van der Waals surface area contributed by atoms with Gasteiger partial charge in [-0.1, -0.05) is 91.5 Å². The van der Waals surface area contributed by atoms with Gasteiger partial charge in [0, 0.05) is 58.8 Å². The standard InChI is InChI=1S/C42H32N4/c1-3-39-37(27-43-2)35-8-4-6-10-40(35)45(39)33-20-14-30(15-21-33)26-29-12-16-31(17-13-29)32-18-22-34(23-19-32)46-41-11-7-5-9-36(41)38-28-44-25-24-42(38)46/h3-25,27-28H,1,26H2,2H3. The molecule has 0 aliphatic carbocycles. The van der Waals surface area contributed by atoms with Gasteiger partial charge in [0.15, 0.2) is 0 Å². The second-order valence-electron chi connectivity index (χ2n) is 11.6. The number of aromatic nitrogens is 3. The van der Waals surface area contributed by atoms with Crippen LogP contribution in [0, 0.1) is 0 Å². The highest BCUT2D eigenvalue weighted by Gasteiger charge is 2.15. The maximum Gasteiger partial charge on any atom is 0.0571 e. The van der Waals surface area contributed by atoms with Gasteiger partial charge in [-0.05, 0) is 77.2 Å². The van der Waals surface area contributed by atoms with Gasteiger partial charge in [0.05, 0.1) is 22.2 Å². The molecule has 8 aromatic rings. The van der Waals surface area contributed by atoms with Gasteiger partial charge in [0.1, 0.15) is 0 Å². The van der Waals surface area contributed by atoms with E-state index in [4.69, 9.17) is 0 Å². The molecular weight excluding hydrogens is 560 g/mol. The summed E-state index contributed by atoms with van der Waals surface area (Å²) < 4.78 is 4.58. The molecule has 3 aromatic heterocycles. The summed E-state index contributed by atoms with van der Waals surface area (Å²) in [6.45, 7) is 4.11. The van der Waals surface area contributed by atoms with Crippen LogP contribution in [0.2, 0.25) is 0 Å². The van der Waals surface area contributed by atoms with Crippen molar-refractivity contribution < 1.29 is 0 Å². The molecule has 0 aliphatic rings. The Labute approximate surface area is 268 Å². The number of hydrogen-bond donors (Lipinski definition) is 0. The molecule has 0 bridgehead atoms. The van der Waals surface area contributed by atoms with Crippen LogP contribution in [0.1, 0.15) is 22.4 Å². The molecule has 3 heterocycles. The fraction of sp³-hybridized carbons (Fsp3) is 0.0476. The van der Waals surface area contributed by atoms with Crippen molar-refractivity contribution in [2.75, 3.05) is 7.05 Å².